The number of benzene rings is 1. The lowest BCUT2D eigenvalue weighted by molar-refractivity contribution is 0.356. The van der Waals surface area contributed by atoms with Crippen molar-refractivity contribution in [2.75, 3.05) is 11.9 Å². The molecule has 0 unspecified atom stereocenters. The fraction of sp³-hybridized carbons (Fsp3) is 0.333. The highest BCUT2D eigenvalue weighted by Crippen LogP contribution is 2.31. The number of nitrogens with one attached hydrogen (secondary N) is 1. The SMILES string of the molecule is Cc1nn(C(C)C)cc1-c1cnc(NCc2c(F)ccc3c2CCO3)n2cnnc12. The monoisotopic (exact) mass is 407 g/mol. The quantitative estimate of drug-likeness (QED) is 0.545. The zero-order chi connectivity index (χ0) is 20.8. The summed E-state index contributed by atoms with van der Waals surface area (Å²) in [5.41, 5.74) is 4.90. The summed E-state index contributed by atoms with van der Waals surface area (Å²) >= 11 is 0. The van der Waals surface area contributed by atoms with Crippen molar-refractivity contribution >= 4 is 11.6 Å². The van der Waals surface area contributed by atoms with Crippen LogP contribution >= 0.6 is 0 Å². The van der Waals surface area contributed by atoms with E-state index in [0.717, 1.165) is 28.1 Å². The van der Waals surface area contributed by atoms with Crippen molar-refractivity contribution in [3.8, 4) is 16.9 Å². The highest BCUT2D eigenvalue weighted by molar-refractivity contribution is 5.78. The Hall–Kier alpha value is -3.49. The number of hydrogen-bond donors (Lipinski definition) is 1. The van der Waals surface area contributed by atoms with Gasteiger partial charge in [0.25, 0.3) is 0 Å². The fourth-order valence-electron chi connectivity index (χ4n) is 3.82. The number of rotatable bonds is 5. The van der Waals surface area contributed by atoms with Crippen LogP contribution < -0.4 is 10.1 Å². The third-order valence-electron chi connectivity index (χ3n) is 5.43. The van der Waals surface area contributed by atoms with Crippen LogP contribution in [0, 0.1) is 12.7 Å². The van der Waals surface area contributed by atoms with Gasteiger partial charge in [-0.05, 0) is 32.9 Å². The Balaban J connectivity index is 1.49. The first kappa shape index (κ1) is 18.5. The summed E-state index contributed by atoms with van der Waals surface area (Å²) in [6.07, 6.45) is 6.07. The molecule has 1 aliphatic rings. The van der Waals surface area contributed by atoms with Gasteiger partial charge in [-0.15, -0.1) is 10.2 Å². The predicted molar refractivity (Wildman–Crippen MR) is 110 cm³/mol. The zero-order valence-electron chi connectivity index (χ0n) is 17.1. The number of fused-ring (bicyclic) bond motifs is 2. The lowest BCUT2D eigenvalue weighted by atomic mass is 10.0. The van der Waals surface area contributed by atoms with Crippen LogP contribution in [0.1, 0.15) is 36.7 Å². The molecule has 0 bridgehead atoms. The van der Waals surface area contributed by atoms with E-state index in [9.17, 15) is 4.39 Å². The van der Waals surface area contributed by atoms with E-state index in [1.54, 1.807) is 23.0 Å². The number of aryl methyl sites for hydroxylation is 1. The van der Waals surface area contributed by atoms with Gasteiger partial charge in [0.1, 0.15) is 17.9 Å². The van der Waals surface area contributed by atoms with Gasteiger partial charge in [-0.25, -0.2) is 9.37 Å². The van der Waals surface area contributed by atoms with Crippen LogP contribution in [-0.2, 0) is 13.0 Å². The first-order valence-corrected chi connectivity index (χ1v) is 9.94. The first-order valence-electron chi connectivity index (χ1n) is 9.94. The molecular formula is C21H22FN7O. The van der Waals surface area contributed by atoms with Gasteiger partial charge in [0.2, 0.25) is 5.95 Å². The Morgan fingerprint density at radius 1 is 1.27 bits per heavy atom. The third kappa shape index (κ3) is 2.97. The van der Waals surface area contributed by atoms with E-state index in [2.05, 4.69) is 39.4 Å². The summed E-state index contributed by atoms with van der Waals surface area (Å²) in [5, 5.41) is 16.2. The van der Waals surface area contributed by atoms with Crippen LogP contribution in [0.3, 0.4) is 0 Å². The summed E-state index contributed by atoms with van der Waals surface area (Å²) in [5.74, 6) is 1.05. The van der Waals surface area contributed by atoms with Crippen LogP contribution in [-0.4, -0.2) is 36.0 Å². The van der Waals surface area contributed by atoms with Crippen molar-refractivity contribution in [2.24, 2.45) is 0 Å². The van der Waals surface area contributed by atoms with Crippen LogP contribution in [0.2, 0.25) is 0 Å². The van der Waals surface area contributed by atoms with Crippen molar-refractivity contribution in [3.05, 3.63) is 53.5 Å². The standard InChI is InChI=1S/C21H22FN7O/c1-12(2)29-10-17(13(3)27-29)16-9-24-21(28-11-25-26-20(16)28)23-8-15-14-6-7-30-19(14)5-4-18(15)22/h4-5,9-12H,6-8H2,1-3H3,(H,23,24). The predicted octanol–water partition coefficient (Wildman–Crippen LogP) is 3.56. The number of aromatic nitrogens is 6. The Labute approximate surface area is 172 Å². The van der Waals surface area contributed by atoms with Gasteiger partial charge >= 0.3 is 0 Å². The molecule has 8 nitrogen and oxygen atoms in total. The normalized spacial score (nSPS) is 13.1. The molecule has 9 heteroatoms. The second-order valence-electron chi connectivity index (χ2n) is 7.68. The summed E-state index contributed by atoms with van der Waals surface area (Å²) < 4.78 is 23.7. The highest BCUT2D eigenvalue weighted by atomic mass is 19.1. The largest absolute Gasteiger partial charge is 0.493 e. The molecule has 0 fully saturated rings. The molecule has 3 aromatic heterocycles. The Morgan fingerprint density at radius 3 is 2.93 bits per heavy atom. The van der Waals surface area contributed by atoms with Gasteiger partial charge < -0.3 is 10.1 Å². The number of halogens is 1. The molecule has 4 aromatic rings. The summed E-state index contributed by atoms with van der Waals surface area (Å²) in [6, 6.07) is 3.39. The van der Waals surface area contributed by atoms with E-state index in [4.69, 9.17) is 4.74 Å². The minimum absolute atomic E-state index is 0.250. The van der Waals surface area contributed by atoms with Gasteiger partial charge in [-0.1, -0.05) is 0 Å². The topological polar surface area (TPSA) is 82.2 Å². The second-order valence-corrected chi connectivity index (χ2v) is 7.68. The van der Waals surface area contributed by atoms with Gasteiger partial charge in [-0.2, -0.15) is 5.10 Å². The lowest BCUT2D eigenvalue weighted by Crippen LogP contribution is -2.09. The van der Waals surface area contributed by atoms with Gasteiger partial charge in [0, 0.05) is 53.7 Å². The highest BCUT2D eigenvalue weighted by Gasteiger charge is 2.20. The molecule has 0 amide bonds. The van der Waals surface area contributed by atoms with E-state index in [1.165, 1.54) is 6.07 Å². The smallest absolute Gasteiger partial charge is 0.210 e. The molecule has 154 valence electrons. The van der Waals surface area contributed by atoms with Crippen molar-refractivity contribution < 1.29 is 9.13 Å². The van der Waals surface area contributed by atoms with Gasteiger partial charge in [-0.3, -0.25) is 9.08 Å². The van der Waals surface area contributed by atoms with Crippen LogP contribution in [0.5, 0.6) is 5.75 Å². The molecule has 0 radical (unpaired) electrons. The molecule has 0 saturated carbocycles. The van der Waals surface area contributed by atoms with Crippen LogP contribution in [0.4, 0.5) is 10.3 Å². The Morgan fingerprint density at radius 2 is 2.13 bits per heavy atom. The average Bonchev–Trinajstić information content (AvgIpc) is 3.46. The molecule has 0 saturated heterocycles. The number of ether oxygens (including phenoxy) is 1. The molecule has 5 rings (SSSR count). The third-order valence-corrected chi connectivity index (χ3v) is 5.43. The minimum atomic E-state index is -0.250. The van der Waals surface area contributed by atoms with Gasteiger partial charge in [0.15, 0.2) is 5.65 Å². The van der Waals surface area contributed by atoms with E-state index in [0.29, 0.717) is 36.7 Å². The zero-order valence-corrected chi connectivity index (χ0v) is 17.1. The molecule has 0 atom stereocenters. The van der Waals surface area contributed by atoms with E-state index >= 15 is 0 Å². The molecule has 0 spiro atoms. The summed E-state index contributed by atoms with van der Waals surface area (Å²) in [7, 11) is 0. The van der Waals surface area contributed by atoms with E-state index < -0.39 is 0 Å². The lowest BCUT2D eigenvalue weighted by Gasteiger charge is -2.12. The van der Waals surface area contributed by atoms with Gasteiger partial charge in [0.05, 0.1) is 12.3 Å². The van der Waals surface area contributed by atoms with Crippen molar-refractivity contribution in [1.82, 2.24) is 29.4 Å². The maximum Gasteiger partial charge on any atom is 0.210 e. The number of hydrogen-bond acceptors (Lipinski definition) is 6. The maximum atomic E-state index is 14.4. The average molecular weight is 407 g/mol. The van der Waals surface area contributed by atoms with Crippen LogP contribution in [0.25, 0.3) is 16.8 Å². The molecule has 0 aliphatic carbocycles. The molecule has 4 heterocycles. The second kappa shape index (κ2) is 7.08. The first-order chi connectivity index (χ1) is 14.5. The fourth-order valence-corrected chi connectivity index (χ4v) is 3.82. The Kier molecular flexibility index (Phi) is 4.38. The molecular weight excluding hydrogens is 385 g/mol. The molecule has 30 heavy (non-hydrogen) atoms. The Bertz CT molecular complexity index is 1240. The minimum Gasteiger partial charge on any atom is -0.493 e. The van der Waals surface area contributed by atoms with Crippen molar-refractivity contribution in [1.29, 1.82) is 0 Å². The maximum absolute atomic E-state index is 14.4. The molecule has 1 aromatic carbocycles. The van der Waals surface area contributed by atoms with Crippen LogP contribution in [0.15, 0.2) is 30.9 Å². The molecule has 1 N–H and O–H groups in total. The van der Waals surface area contributed by atoms with Crippen molar-refractivity contribution in [2.45, 2.75) is 39.8 Å². The van der Waals surface area contributed by atoms with Crippen molar-refractivity contribution in [3.63, 3.8) is 0 Å². The van der Waals surface area contributed by atoms with E-state index in [-0.39, 0.29) is 11.9 Å². The summed E-state index contributed by atoms with van der Waals surface area (Å²) in [4.78, 5) is 4.57. The van der Waals surface area contributed by atoms with E-state index in [1.807, 2.05) is 17.8 Å². The summed E-state index contributed by atoms with van der Waals surface area (Å²) in [6.45, 7) is 7.01. The number of nitrogens with zero attached hydrogens (tertiary/aromatic N) is 6. The number of anilines is 1. The molecule has 1 aliphatic heterocycles.